The number of aliphatic carboxylic acids is 1. The normalized spacial score (nSPS) is 10.7. The number of nitrogens with one attached hydrogen (secondary N) is 1. The van der Waals surface area contributed by atoms with Crippen molar-refractivity contribution in [2.45, 2.75) is 25.7 Å². The Kier molecular flexibility index (Phi) is 4.98. The Bertz CT molecular complexity index is 646. The van der Waals surface area contributed by atoms with Gasteiger partial charge in [0, 0.05) is 37.1 Å². The van der Waals surface area contributed by atoms with E-state index in [0.717, 1.165) is 23.7 Å². The van der Waals surface area contributed by atoms with Gasteiger partial charge in [-0.15, -0.1) is 0 Å². The molecule has 1 heterocycles. The molecule has 0 aliphatic rings. The summed E-state index contributed by atoms with van der Waals surface area (Å²) in [5, 5.41) is 12.4. The second-order valence-corrected chi connectivity index (χ2v) is 5.13. The summed E-state index contributed by atoms with van der Waals surface area (Å²) in [5.74, 6) is -0.847. The average Bonchev–Trinajstić information content (AvgIpc) is 2.80. The fourth-order valence-corrected chi connectivity index (χ4v) is 2.40. The predicted octanol–water partition coefficient (Wildman–Crippen LogP) is 2.55. The quantitative estimate of drug-likeness (QED) is 0.769. The molecule has 0 unspecified atom stereocenters. The van der Waals surface area contributed by atoms with Gasteiger partial charge in [0.2, 0.25) is 0 Å². The Morgan fingerprint density at radius 2 is 1.95 bits per heavy atom. The zero-order valence-corrected chi connectivity index (χ0v) is 12.1. The maximum Gasteiger partial charge on any atom is 0.303 e. The predicted molar refractivity (Wildman–Crippen MR) is 81.4 cm³/mol. The van der Waals surface area contributed by atoms with Gasteiger partial charge in [-0.2, -0.15) is 0 Å². The molecule has 0 radical (unpaired) electrons. The van der Waals surface area contributed by atoms with E-state index in [1.54, 1.807) is 0 Å². The van der Waals surface area contributed by atoms with Crippen LogP contribution >= 0.6 is 0 Å². The average molecular weight is 288 g/mol. The maximum absolute atomic E-state index is 12.2. The third kappa shape index (κ3) is 3.84. The number of carboxylic acids is 1. The van der Waals surface area contributed by atoms with Gasteiger partial charge in [0.1, 0.15) is 0 Å². The minimum atomic E-state index is -0.769. The molecule has 1 amide bonds. The highest BCUT2D eigenvalue weighted by molar-refractivity contribution is 6.06. The first-order chi connectivity index (χ1) is 10.1. The Morgan fingerprint density at radius 3 is 2.71 bits per heavy atom. The van der Waals surface area contributed by atoms with Crippen molar-refractivity contribution < 1.29 is 14.7 Å². The number of amides is 1. The van der Waals surface area contributed by atoms with Crippen molar-refractivity contribution in [1.29, 1.82) is 0 Å². The van der Waals surface area contributed by atoms with Crippen molar-refractivity contribution in [3.05, 3.63) is 36.0 Å². The molecule has 0 aliphatic carbocycles. The van der Waals surface area contributed by atoms with Gasteiger partial charge >= 0.3 is 5.97 Å². The minimum absolute atomic E-state index is 0.0787. The zero-order chi connectivity index (χ0) is 15.2. The molecule has 112 valence electrons. The number of benzene rings is 1. The van der Waals surface area contributed by atoms with E-state index < -0.39 is 5.97 Å². The second-order valence-electron chi connectivity index (χ2n) is 5.13. The number of aromatic nitrogens is 1. The molecule has 21 heavy (non-hydrogen) atoms. The van der Waals surface area contributed by atoms with Crippen LogP contribution in [0.25, 0.3) is 10.9 Å². The summed E-state index contributed by atoms with van der Waals surface area (Å²) in [6.07, 6.45) is 4.28. The molecule has 0 aliphatic heterocycles. The summed E-state index contributed by atoms with van der Waals surface area (Å²) in [6.45, 7) is 0.571. The van der Waals surface area contributed by atoms with E-state index in [1.807, 2.05) is 42.1 Å². The number of nitrogens with zero attached hydrogens (tertiary/aromatic N) is 1. The number of hydrogen-bond acceptors (Lipinski definition) is 2. The molecule has 0 bridgehead atoms. The van der Waals surface area contributed by atoms with E-state index in [0.29, 0.717) is 18.5 Å². The van der Waals surface area contributed by atoms with Crippen LogP contribution in [0.15, 0.2) is 30.5 Å². The zero-order valence-electron chi connectivity index (χ0n) is 12.1. The molecule has 2 N–H and O–H groups in total. The van der Waals surface area contributed by atoms with Crippen molar-refractivity contribution in [3.8, 4) is 0 Å². The lowest BCUT2D eigenvalue weighted by Crippen LogP contribution is -2.24. The second kappa shape index (κ2) is 6.92. The van der Waals surface area contributed by atoms with Crippen LogP contribution in [-0.2, 0) is 11.8 Å². The van der Waals surface area contributed by atoms with E-state index in [-0.39, 0.29) is 12.3 Å². The number of fused-ring (bicyclic) bond motifs is 1. The lowest BCUT2D eigenvalue weighted by Gasteiger charge is -2.04. The first-order valence-electron chi connectivity index (χ1n) is 7.13. The van der Waals surface area contributed by atoms with Gasteiger partial charge in [-0.1, -0.05) is 24.6 Å². The third-order valence-electron chi connectivity index (χ3n) is 3.49. The number of hydrogen-bond donors (Lipinski definition) is 2. The summed E-state index contributed by atoms with van der Waals surface area (Å²) in [4.78, 5) is 22.6. The monoisotopic (exact) mass is 288 g/mol. The van der Waals surface area contributed by atoms with Gasteiger partial charge in [0.05, 0.1) is 5.56 Å². The van der Waals surface area contributed by atoms with Crippen molar-refractivity contribution >= 4 is 22.8 Å². The van der Waals surface area contributed by atoms with E-state index in [2.05, 4.69) is 5.32 Å². The molecule has 5 nitrogen and oxygen atoms in total. The lowest BCUT2D eigenvalue weighted by molar-refractivity contribution is -0.137. The Balaban J connectivity index is 1.87. The van der Waals surface area contributed by atoms with Gasteiger partial charge in [-0.3, -0.25) is 9.59 Å². The number of para-hydroxylation sites is 1. The van der Waals surface area contributed by atoms with E-state index in [9.17, 15) is 9.59 Å². The van der Waals surface area contributed by atoms with Crippen molar-refractivity contribution in [1.82, 2.24) is 9.88 Å². The Hall–Kier alpha value is -2.30. The topological polar surface area (TPSA) is 71.3 Å². The van der Waals surface area contributed by atoms with Gasteiger partial charge in [0.25, 0.3) is 5.91 Å². The molecule has 0 fully saturated rings. The SMILES string of the molecule is Cn1cc(C(=O)NCCCCCC(=O)O)c2ccccc21. The molecule has 0 spiro atoms. The summed E-state index contributed by atoms with van der Waals surface area (Å²) < 4.78 is 1.94. The summed E-state index contributed by atoms with van der Waals surface area (Å²) in [6, 6.07) is 7.80. The van der Waals surface area contributed by atoms with Gasteiger partial charge in [-0.25, -0.2) is 0 Å². The van der Waals surface area contributed by atoms with Crippen molar-refractivity contribution in [2.75, 3.05) is 6.54 Å². The number of aryl methyl sites for hydroxylation is 1. The molecule has 0 saturated carbocycles. The van der Waals surface area contributed by atoms with Crippen LogP contribution in [-0.4, -0.2) is 28.1 Å². The molecule has 0 saturated heterocycles. The summed E-state index contributed by atoms with van der Waals surface area (Å²) >= 11 is 0. The number of rotatable bonds is 7. The fourth-order valence-electron chi connectivity index (χ4n) is 2.40. The minimum Gasteiger partial charge on any atom is -0.481 e. The van der Waals surface area contributed by atoms with E-state index in [4.69, 9.17) is 5.11 Å². The standard InChI is InChI=1S/C16H20N2O3/c1-18-11-13(12-7-4-5-8-14(12)18)16(21)17-10-6-2-3-9-15(19)20/h4-5,7-8,11H,2-3,6,9-10H2,1H3,(H,17,21)(H,19,20). The first kappa shape index (κ1) is 15.1. The maximum atomic E-state index is 12.2. The van der Waals surface area contributed by atoms with Crippen LogP contribution in [0.4, 0.5) is 0 Å². The highest BCUT2D eigenvalue weighted by atomic mass is 16.4. The largest absolute Gasteiger partial charge is 0.481 e. The molecular weight excluding hydrogens is 268 g/mol. The number of carbonyl (C=O) groups excluding carboxylic acids is 1. The van der Waals surface area contributed by atoms with Crippen LogP contribution in [0.3, 0.4) is 0 Å². The van der Waals surface area contributed by atoms with Crippen LogP contribution in [0, 0.1) is 0 Å². The Labute approximate surface area is 123 Å². The van der Waals surface area contributed by atoms with Crippen LogP contribution in [0.5, 0.6) is 0 Å². The lowest BCUT2D eigenvalue weighted by atomic mass is 10.1. The molecule has 2 aromatic rings. The number of carboxylic acid groups (broad SMARTS) is 1. The fraction of sp³-hybridized carbons (Fsp3) is 0.375. The molecule has 0 atom stereocenters. The number of unbranched alkanes of at least 4 members (excludes halogenated alkanes) is 2. The molecule has 1 aromatic carbocycles. The van der Waals surface area contributed by atoms with Crippen LogP contribution in [0.2, 0.25) is 0 Å². The highest BCUT2D eigenvalue weighted by Gasteiger charge is 2.12. The van der Waals surface area contributed by atoms with Gasteiger partial charge in [0.15, 0.2) is 0 Å². The number of carbonyl (C=O) groups is 2. The van der Waals surface area contributed by atoms with Gasteiger partial charge < -0.3 is 15.0 Å². The molecular formula is C16H20N2O3. The first-order valence-corrected chi connectivity index (χ1v) is 7.13. The van der Waals surface area contributed by atoms with Gasteiger partial charge in [-0.05, 0) is 18.9 Å². The third-order valence-corrected chi connectivity index (χ3v) is 3.49. The van der Waals surface area contributed by atoms with E-state index >= 15 is 0 Å². The van der Waals surface area contributed by atoms with E-state index in [1.165, 1.54) is 0 Å². The highest BCUT2D eigenvalue weighted by Crippen LogP contribution is 2.19. The molecule has 1 aromatic heterocycles. The summed E-state index contributed by atoms with van der Waals surface area (Å²) in [7, 11) is 1.92. The smallest absolute Gasteiger partial charge is 0.303 e. The Morgan fingerprint density at radius 1 is 1.19 bits per heavy atom. The molecule has 5 heteroatoms. The van der Waals surface area contributed by atoms with Crippen LogP contribution < -0.4 is 5.32 Å². The van der Waals surface area contributed by atoms with Crippen molar-refractivity contribution in [2.24, 2.45) is 7.05 Å². The van der Waals surface area contributed by atoms with Crippen LogP contribution in [0.1, 0.15) is 36.0 Å². The van der Waals surface area contributed by atoms with Crippen molar-refractivity contribution in [3.63, 3.8) is 0 Å². The molecule has 2 rings (SSSR count). The summed E-state index contributed by atoms with van der Waals surface area (Å²) in [5.41, 5.74) is 1.71.